The van der Waals surface area contributed by atoms with E-state index < -0.39 is 0 Å². The molecule has 202 valence electrons. The van der Waals surface area contributed by atoms with Crippen LogP contribution >= 0.6 is 0 Å². The summed E-state index contributed by atoms with van der Waals surface area (Å²) in [5, 5.41) is 4.56. The fourth-order valence-electron chi connectivity index (χ4n) is 9.20. The molecule has 3 saturated carbocycles. The number of allylic oxidation sites excluding steroid dienone is 1. The summed E-state index contributed by atoms with van der Waals surface area (Å²) < 4.78 is 12.8. The fraction of sp³-hybridized carbons (Fsp3) is 0.844. The summed E-state index contributed by atoms with van der Waals surface area (Å²) in [6, 6.07) is 0. The summed E-state index contributed by atoms with van der Waals surface area (Å²) in [5.41, 5.74) is 3.65. The first-order chi connectivity index (χ1) is 17.3. The highest BCUT2D eigenvalue weighted by molar-refractivity contribution is 5.85. The minimum Gasteiger partial charge on any atom is -0.396 e. The van der Waals surface area contributed by atoms with Crippen LogP contribution in [0.5, 0.6) is 0 Å². The second-order valence-corrected chi connectivity index (χ2v) is 13.2. The molecule has 3 fully saturated rings. The summed E-state index contributed by atoms with van der Waals surface area (Å²) in [4.78, 5) is 5.61. The molecule has 1 aliphatic heterocycles. The van der Waals surface area contributed by atoms with Gasteiger partial charge in [-0.2, -0.15) is 0 Å². The van der Waals surface area contributed by atoms with Crippen LogP contribution in [0.1, 0.15) is 106 Å². The molecule has 0 N–H and O–H groups in total. The number of ether oxygens (including phenoxy) is 2. The van der Waals surface area contributed by atoms with Crippen LogP contribution < -0.4 is 0 Å². The van der Waals surface area contributed by atoms with Crippen molar-refractivity contribution in [1.82, 2.24) is 0 Å². The lowest BCUT2D eigenvalue weighted by Gasteiger charge is -2.58. The molecule has 0 saturated heterocycles. The Labute approximate surface area is 220 Å². The minimum atomic E-state index is -0.172. The molecule has 4 unspecified atom stereocenters. The van der Waals surface area contributed by atoms with Crippen molar-refractivity contribution in [3.8, 4) is 0 Å². The fourth-order valence-corrected chi connectivity index (χ4v) is 9.20. The standard InChI is InChI=1S/C32H51NO3/c1-7-19-34-33-22(4)26-12-13-27-25-11-10-23-20-24(35-30-14-9-21(3)29(8-2)36-30)15-17-31(23,5)28(25)16-18-32(26,27)6/h9-10,14,21,24-30H,7-8,11-13,15-20H2,1-6H3/b33-22+/t21-,24-,25?,26+,27?,28?,29+,30?,31-,32+/m0/s1. The normalized spacial score (nSPS) is 46.5. The summed E-state index contributed by atoms with van der Waals surface area (Å²) in [6.07, 6.45) is 19.6. The zero-order valence-electron chi connectivity index (χ0n) is 23.8. The predicted octanol–water partition coefficient (Wildman–Crippen LogP) is 8.08. The van der Waals surface area contributed by atoms with E-state index in [1.165, 1.54) is 44.2 Å². The molecule has 4 nitrogen and oxygen atoms in total. The number of hydrogen-bond acceptors (Lipinski definition) is 4. The molecular formula is C32H51NO3. The van der Waals surface area contributed by atoms with Crippen molar-refractivity contribution in [3.05, 3.63) is 23.8 Å². The first kappa shape index (κ1) is 26.5. The van der Waals surface area contributed by atoms with Gasteiger partial charge in [-0.1, -0.05) is 57.5 Å². The van der Waals surface area contributed by atoms with Gasteiger partial charge in [0, 0.05) is 11.8 Å². The third-order valence-electron chi connectivity index (χ3n) is 11.3. The zero-order chi connectivity index (χ0) is 25.5. The van der Waals surface area contributed by atoms with Crippen LogP contribution in [0, 0.1) is 40.4 Å². The first-order valence-electron chi connectivity index (χ1n) is 15.1. The minimum absolute atomic E-state index is 0.172. The molecule has 0 aromatic heterocycles. The van der Waals surface area contributed by atoms with Crippen molar-refractivity contribution < 1.29 is 14.3 Å². The lowest BCUT2D eigenvalue weighted by molar-refractivity contribution is -0.188. The van der Waals surface area contributed by atoms with E-state index in [1.54, 1.807) is 5.57 Å². The second kappa shape index (κ2) is 10.6. The third-order valence-corrected chi connectivity index (χ3v) is 11.3. The predicted molar refractivity (Wildman–Crippen MR) is 147 cm³/mol. The molecule has 0 aromatic rings. The van der Waals surface area contributed by atoms with Gasteiger partial charge in [-0.25, -0.2) is 0 Å². The van der Waals surface area contributed by atoms with Gasteiger partial charge in [-0.15, -0.1) is 0 Å². The van der Waals surface area contributed by atoms with Crippen LogP contribution in [0.25, 0.3) is 0 Å². The van der Waals surface area contributed by atoms with Crippen LogP contribution in [0.4, 0.5) is 0 Å². The average molecular weight is 498 g/mol. The van der Waals surface area contributed by atoms with Crippen molar-refractivity contribution in [1.29, 1.82) is 0 Å². The Morgan fingerprint density at radius 1 is 1.08 bits per heavy atom. The maximum absolute atomic E-state index is 6.53. The van der Waals surface area contributed by atoms with Crippen molar-refractivity contribution in [3.63, 3.8) is 0 Å². The molecule has 4 aliphatic carbocycles. The largest absolute Gasteiger partial charge is 0.396 e. The van der Waals surface area contributed by atoms with E-state index in [4.69, 9.17) is 14.3 Å². The number of fused-ring (bicyclic) bond motifs is 5. The molecule has 0 aromatic carbocycles. The maximum Gasteiger partial charge on any atom is 0.177 e. The Morgan fingerprint density at radius 2 is 1.92 bits per heavy atom. The van der Waals surface area contributed by atoms with Gasteiger partial charge in [-0.3, -0.25) is 0 Å². The molecule has 0 spiro atoms. The molecule has 0 bridgehead atoms. The maximum atomic E-state index is 6.53. The Balaban J connectivity index is 1.26. The topological polar surface area (TPSA) is 40.0 Å². The van der Waals surface area contributed by atoms with E-state index in [2.05, 4.69) is 64.9 Å². The van der Waals surface area contributed by atoms with E-state index in [1.807, 2.05) is 0 Å². The van der Waals surface area contributed by atoms with Gasteiger partial charge in [0.2, 0.25) is 0 Å². The average Bonchev–Trinajstić information content (AvgIpc) is 3.23. The second-order valence-electron chi connectivity index (χ2n) is 13.2. The van der Waals surface area contributed by atoms with Crippen molar-refractivity contribution in [2.45, 2.75) is 124 Å². The van der Waals surface area contributed by atoms with Gasteiger partial charge in [-0.05, 0) is 106 Å². The quantitative estimate of drug-likeness (QED) is 0.154. The smallest absolute Gasteiger partial charge is 0.177 e. The molecule has 4 heteroatoms. The SMILES string of the molecule is CCCO/N=C(\C)[C@H]1CCC2C3CC=C4C[C@@H](OC5C=C[C@H](C)[C@@H](CC)O5)CC[C@]4(C)C3CC[C@@]21C. The highest BCUT2D eigenvalue weighted by Gasteiger charge is 2.59. The highest BCUT2D eigenvalue weighted by Crippen LogP contribution is 2.66. The van der Waals surface area contributed by atoms with Gasteiger partial charge in [0.15, 0.2) is 6.29 Å². The van der Waals surface area contributed by atoms with Crippen LogP contribution in [-0.2, 0) is 14.3 Å². The van der Waals surface area contributed by atoms with Crippen LogP contribution in [0.2, 0.25) is 0 Å². The molecule has 10 atom stereocenters. The molecular weight excluding hydrogens is 446 g/mol. The zero-order valence-corrected chi connectivity index (χ0v) is 23.8. The summed E-state index contributed by atoms with van der Waals surface area (Å²) in [7, 11) is 0. The summed E-state index contributed by atoms with van der Waals surface area (Å²) >= 11 is 0. The van der Waals surface area contributed by atoms with Crippen molar-refractivity contribution >= 4 is 5.71 Å². The molecule has 36 heavy (non-hydrogen) atoms. The lowest BCUT2D eigenvalue weighted by atomic mass is 9.47. The Kier molecular flexibility index (Phi) is 7.77. The van der Waals surface area contributed by atoms with Gasteiger partial charge >= 0.3 is 0 Å². The van der Waals surface area contributed by atoms with E-state index in [9.17, 15) is 0 Å². The third kappa shape index (κ3) is 4.64. The van der Waals surface area contributed by atoms with E-state index >= 15 is 0 Å². The number of hydrogen-bond donors (Lipinski definition) is 0. The molecule has 5 aliphatic rings. The first-order valence-corrected chi connectivity index (χ1v) is 15.1. The summed E-state index contributed by atoms with van der Waals surface area (Å²) in [6.45, 7) is 14.7. The molecule has 5 rings (SSSR count). The highest BCUT2D eigenvalue weighted by atomic mass is 16.7. The Hall–Kier alpha value is -1.13. The van der Waals surface area contributed by atoms with Gasteiger partial charge in [0.25, 0.3) is 0 Å². The molecule has 0 amide bonds. The van der Waals surface area contributed by atoms with Gasteiger partial charge in [0.05, 0.1) is 17.9 Å². The van der Waals surface area contributed by atoms with Gasteiger partial charge in [0.1, 0.15) is 6.61 Å². The number of oxime groups is 1. The van der Waals surface area contributed by atoms with Gasteiger partial charge < -0.3 is 14.3 Å². The molecule has 1 heterocycles. The van der Waals surface area contributed by atoms with E-state index in [-0.39, 0.29) is 18.5 Å². The number of nitrogens with zero attached hydrogens (tertiary/aromatic N) is 1. The van der Waals surface area contributed by atoms with E-state index in [0.717, 1.165) is 50.0 Å². The van der Waals surface area contributed by atoms with Crippen molar-refractivity contribution in [2.24, 2.45) is 45.6 Å². The number of rotatable bonds is 7. The lowest BCUT2D eigenvalue weighted by Crippen LogP contribution is -2.51. The summed E-state index contributed by atoms with van der Waals surface area (Å²) in [5.74, 6) is 3.52. The van der Waals surface area contributed by atoms with Crippen LogP contribution in [0.3, 0.4) is 0 Å². The van der Waals surface area contributed by atoms with Crippen molar-refractivity contribution in [2.75, 3.05) is 6.61 Å². The van der Waals surface area contributed by atoms with Crippen LogP contribution in [-0.4, -0.2) is 30.8 Å². The van der Waals surface area contributed by atoms with Crippen LogP contribution in [0.15, 0.2) is 29.0 Å². The monoisotopic (exact) mass is 497 g/mol. The van der Waals surface area contributed by atoms with E-state index in [0.29, 0.717) is 22.7 Å². The Morgan fingerprint density at radius 3 is 2.69 bits per heavy atom. The molecule has 0 radical (unpaired) electrons. The Bertz CT molecular complexity index is 879.